The number of rotatable bonds is 4. The van der Waals surface area contributed by atoms with Gasteiger partial charge in [-0.25, -0.2) is 0 Å². The Kier molecular flexibility index (Phi) is 4.76. The molecule has 0 aliphatic carbocycles. The van der Waals surface area contributed by atoms with E-state index >= 15 is 0 Å². The third-order valence-electron chi connectivity index (χ3n) is 3.61. The summed E-state index contributed by atoms with van der Waals surface area (Å²) >= 11 is 5.68. The first-order valence-electron chi connectivity index (χ1n) is 7.56. The average molecular weight is 359 g/mol. The second-order valence-corrected chi connectivity index (χ2v) is 6.03. The second-order valence-electron chi connectivity index (χ2n) is 5.38. The van der Waals surface area contributed by atoms with E-state index in [-0.39, 0.29) is 17.3 Å². The predicted octanol–water partition coefficient (Wildman–Crippen LogP) is 3.84. The summed E-state index contributed by atoms with van der Waals surface area (Å²) in [5, 5.41) is -0.767. The Balaban J connectivity index is 1.88. The Hall–Kier alpha value is -2.79. The molecule has 0 N–H and O–H groups in total. The van der Waals surface area contributed by atoms with Gasteiger partial charge < -0.3 is 14.2 Å². The van der Waals surface area contributed by atoms with Crippen LogP contribution in [0.3, 0.4) is 0 Å². The van der Waals surface area contributed by atoms with E-state index in [1.165, 1.54) is 19.1 Å². The van der Waals surface area contributed by atoms with Crippen LogP contribution >= 0.6 is 11.6 Å². The van der Waals surface area contributed by atoms with Gasteiger partial charge in [-0.1, -0.05) is 18.2 Å². The molecule has 2 aromatic rings. The monoisotopic (exact) mass is 358 g/mol. The molecule has 1 aliphatic rings. The van der Waals surface area contributed by atoms with Crippen molar-refractivity contribution in [3.05, 3.63) is 59.4 Å². The van der Waals surface area contributed by atoms with Crippen molar-refractivity contribution in [2.24, 2.45) is 0 Å². The van der Waals surface area contributed by atoms with Crippen LogP contribution in [0.1, 0.15) is 22.8 Å². The molecule has 0 aromatic heterocycles. The first-order chi connectivity index (χ1) is 12.0. The third-order valence-corrected chi connectivity index (χ3v) is 3.79. The van der Waals surface area contributed by atoms with Crippen LogP contribution in [0.5, 0.6) is 17.2 Å². The molecule has 128 valence electrons. The van der Waals surface area contributed by atoms with Crippen LogP contribution in [-0.4, -0.2) is 24.2 Å². The highest BCUT2D eigenvalue weighted by molar-refractivity contribution is 6.29. The van der Waals surface area contributed by atoms with E-state index < -0.39 is 11.3 Å². The molecule has 6 heteroatoms. The first-order valence-corrected chi connectivity index (χ1v) is 8.00. The zero-order chi connectivity index (χ0) is 18.0. The Bertz CT molecular complexity index is 870. The van der Waals surface area contributed by atoms with Crippen LogP contribution in [0.25, 0.3) is 6.08 Å². The number of esters is 1. The Morgan fingerprint density at radius 1 is 1.24 bits per heavy atom. The van der Waals surface area contributed by atoms with Crippen molar-refractivity contribution in [3.63, 3.8) is 0 Å². The molecule has 5 nitrogen and oxygen atoms in total. The number of carbonyl (C=O) groups is 2. The molecule has 0 spiro atoms. The van der Waals surface area contributed by atoms with Gasteiger partial charge in [0.15, 0.2) is 5.76 Å². The molecule has 3 rings (SSSR count). The van der Waals surface area contributed by atoms with E-state index in [9.17, 15) is 9.59 Å². The van der Waals surface area contributed by atoms with Gasteiger partial charge in [-0.05, 0) is 31.2 Å². The van der Waals surface area contributed by atoms with Gasteiger partial charge >= 0.3 is 5.97 Å². The number of Topliss-reactive ketones (excluding diaryl/α,β-unsaturated/α-hetero) is 1. The zero-order valence-corrected chi connectivity index (χ0v) is 14.4. The third kappa shape index (κ3) is 3.51. The van der Waals surface area contributed by atoms with E-state index in [0.29, 0.717) is 17.1 Å². The summed E-state index contributed by atoms with van der Waals surface area (Å²) in [7, 11) is 1.56. The van der Waals surface area contributed by atoms with Gasteiger partial charge in [-0.2, -0.15) is 0 Å². The topological polar surface area (TPSA) is 61.8 Å². The largest absolute Gasteiger partial charge is 0.496 e. The van der Waals surface area contributed by atoms with Crippen LogP contribution in [0.4, 0.5) is 0 Å². The minimum Gasteiger partial charge on any atom is -0.496 e. The number of hydrogen-bond donors (Lipinski definition) is 0. The molecule has 0 amide bonds. The number of carbonyl (C=O) groups excluding carboxylic acids is 2. The van der Waals surface area contributed by atoms with Gasteiger partial charge in [0.2, 0.25) is 5.78 Å². The number of allylic oxidation sites excluding steroid dienone is 1. The Morgan fingerprint density at radius 3 is 2.72 bits per heavy atom. The highest BCUT2D eigenvalue weighted by atomic mass is 35.5. The van der Waals surface area contributed by atoms with Gasteiger partial charge in [-0.3, -0.25) is 9.59 Å². The molecular weight excluding hydrogens is 344 g/mol. The van der Waals surface area contributed by atoms with Crippen LogP contribution in [-0.2, 0) is 4.79 Å². The minimum atomic E-state index is -0.767. The number of halogens is 1. The number of para-hydroxylation sites is 1. The highest BCUT2D eigenvalue weighted by Gasteiger charge is 2.28. The summed E-state index contributed by atoms with van der Waals surface area (Å²) in [4.78, 5) is 24.0. The predicted molar refractivity (Wildman–Crippen MR) is 93.3 cm³/mol. The number of fused-ring (bicyclic) bond motifs is 1. The van der Waals surface area contributed by atoms with E-state index in [2.05, 4.69) is 0 Å². The average Bonchev–Trinajstić information content (AvgIpc) is 2.90. The molecule has 1 atom stereocenters. The lowest BCUT2D eigenvalue weighted by Gasteiger charge is -2.06. The molecule has 0 saturated carbocycles. The quantitative estimate of drug-likeness (QED) is 0.359. The van der Waals surface area contributed by atoms with Crippen molar-refractivity contribution in [1.29, 1.82) is 0 Å². The summed E-state index contributed by atoms with van der Waals surface area (Å²) in [5.74, 6) is 0.586. The van der Waals surface area contributed by atoms with Crippen molar-refractivity contribution >= 4 is 29.4 Å². The maximum atomic E-state index is 12.5. The zero-order valence-electron chi connectivity index (χ0n) is 13.6. The lowest BCUT2D eigenvalue weighted by atomic mass is 10.1. The molecule has 1 heterocycles. The molecule has 0 saturated heterocycles. The van der Waals surface area contributed by atoms with Crippen LogP contribution in [0, 0.1) is 0 Å². The fourth-order valence-corrected chi connectivity index (χ4v) is 2.40. The van der Waals surface area contributed by atoms with Crippen molar-refractivity contribution in [2.75, 3.05) is 7.11 Å². The van der Waals surface area contributed by atoms with Gasteiger partial charge in [0, 0.05) is 11.6 Å². The summed E-state index contributed by atoms with van der Waals surface area (Å²) < 4.78 is 16.0. The standard InChI is InChI=1S/C19H15ClO5/c1-11(20)19(22)24-13-7-8-14-16(10-13)25-17(18(14)21)9-12-5-3-4-6-15(12)23-2/h3-11H,1-2H3/b17-9-. The number of hydrogen-bond acceptors (Lipinski definition) is 5. The Morgan fingerprint density at radius 2 is 2.00 bits per heavy atom. The molecular formula is C19H15ClO5. The normalized spacial score (nSPS) is 15.5. The van der Waals surface area contributed by atoms with Gasteiger partial charge in [0.05, 0.1) is 12.7 Å². The minimum absolute atomic E-state index is 0.175. The van der Waals surface area contributed by atoms with E-state index in [1.54, 1.807) is 25.3 Å². The number of ether oxygens (including phenoxy) is 3. The molecule has 1 unspecified atom stereocenters. The molecule has 1 aliphatic heterocycles. The fraction of sp³-hybridized carbons (Fsp3) is 0.158. The lowest BCUT2D eigenvalue weighted by Crippen LogP contribution is -2.17. The van der Waals surface area contributed by atoms with E-state index in [4.69, 9.17) is 25.8 Å². The van der Waals surface area contributed by atoms with Crippen molar-refractivity contribution in [1.82, 2.24) is 0 Å². The molecule has 0 fully saturated rings. The van der Waals surface area contributed by atoms with Gasteiger partial charge in [0.1, 0.15) is 22.6 Å². The molecule has 2 aromatic carbocycles. The van der Waals surface area contributed by atoms with Gasteiger partial charge in [0.25, 0.3) is 0 Å². The van der Waals surface area contributed by atoms with Crippen molar-refractivity contribution in [2.45, 2.75) is 12.3 Å². The van der Waals surface area contributed by atoms with Crippen LogP contribution < -0.4 is 14.2 Å². The number of benzene rings is 2. The SMILES string of the molecule is COc1ccccc1/C=C1\Oc2cc(OC(=O)C(C)Cl)ccc2C1=O. The highest BCUT2D eigenvalue weighted by Crippen LogP contribution is 2.35. The summed E-state index contributed by atoms with van der Waals surface area (Å²) in [6.07, 6.45) is 1.62. The smallest absolute Gasteiger partial charge is 0.329 e. The second kappa shape index (κ2) is 6.99. The molecule has 0 bridgehead atoms. The molecule has 25 heavy (non-hydrogen) atoms. The first kappa shape index (κ1) is 17.0. The van der Waals surface area contributed by atoms with Gasteiger partial charge in [-0.15, -0.1) is 11.6 Å². The Labute approximate surface area is 149 Å². The number of methoxy groups -OCH3 is 1. The van der Waals surface area contributed by atoms with Crippen LogP contribution in [0.2, 0.25) is 0 Å². The van der Waals surface area contributed by atoms with Crippen molar-refractivity contribution in [3.8, 4) is 17.2 Å². The summed E-state index contributed by atoms with van der Waals surface area (Å²) in [5.41, 5.74) is 1.13. The van der Waals surface area contributed by atoms with E-state index in [1.807, 2.05) is 18.2 Å². The van der Waals surface area contributed by atoms with Crippen molar-refractivity contribution < 1.29 is 23.8 Å². The summed E-state index contributed by atoms with van der Waals surface area (Å²) in [6, 6.07) is 11.9. The maximum Gasteiger partial charge on any atom is 0.329 e. The molecule has 0 radical (unpaired) electrons. The number of alkyl halides is 1. The maximum absolute atomic E-state index is 12.5. The summed E-state index contributed by atoms with van der Waals surface area (Å²) in [6.45, 7) is 1.52. The number of ketones is 1. The van der Waals surface area contributed by atoms with E-state index in [0.717, 1.165) is 5.56 Å². The fourth-order valence-electron chi connectivity index (χ4n) is 2.35. The lowest BCUT2D eigenvalue weighted by molar-refractivity contribution is -0.133. The van der Waals surface area contributed by atoms with Crippen LogP contribution in [0.15, 0.2) is 48.2 Å².